The van der Waals surface area contributed by atoms with Gasteiger partial charge in [0.25, 0.3) is 0 Å². The average molecular weight is 516 g/mol. The largest absolute Gasteiger partial charge is 0.367 e. The highest BCUT2D eigenvalue weighted by molar-refractivity contribution is 14.0. The molecule has 1 aliphatic heterocycles. The molecule has 3 heterocycles. The van der Waals surface area contributed by atoms with Crippen molar-refractivity contribution in [3.63, 3.8) is 0 Å². The Balaban J connectivity index is 0.00000280. The Morgan fingerprint density at radius 3 is 2.89 bits per heavy atom. The molecule has 0 bridgehead atoms. The zero-order valence-corrected chi connectivity index (χ0v) is 20.5. The van der Waals surface area contributed by atoms with Gasteiger partial charge in [-0.25, -0.2) is 0 Å². The van der Waals surface area contributed by atoms with Gasteiger partial charge in [-0.1, -0.05) is 19.9 Å². The van der Waals surface area contributed by atoms with Crippen LogP contribution in [0, 0.1) is 0 Å². The lowest BCUT2D eigenvalue weighted by Gasteiger charge is -2.34. The predicted octanol–water partition coefficient (Wildman–Crippen LogP) is 3.60. The lowest BCUT2D eigenvalue weighted by Crippen LogP contribution is -2.51. The number of rotatable bonds is 6. The molecule has 1 atom stereocenters. The van der Waals surface area contributed by atoms with Crippen LogP contribution in [0.5, 0.6) is 0 Å². The second-order valence-electron chi connectivity index (χ2n) is 7.86. The summed E-state index contributed by atoms with van der Waals surface area (Å²) < 4.78 is 1.87. The van der Waals surface area contributed by atoms with Crippen molar-refractivity contribution in [1.82, 2.24) is 20.4 Å². The second kappa shape index (κ2) is 10.5. The first-order valence-electron chi connectivity index (χ1n) is 9.80. The van der Waals surface area contributed by atoms with Gasteiger partial charge >= 0.3 is 0 Å². The van der Waals surface area contributed by atoms with Gasteiger partial charge in [-0.3, -0.25) is 9.67 Å². The van der Waals surface area contributed by atoms with E-state index in [1.54, 1.807) is 11.3 Å². The zero-order valence-electron chi connectivity index (χ0n) is 17.3. The number of anilines is 1. The van der Waals surface area contributed by atoms with Gasteiger partial charge in [0.1, 0.15) is 0 Å². The molecule has 0 radical (unpaired) electrons. The molecule has 156 valence electrons. The topological polar surface area (TPSA) is 57.5 Å². The summed E-state index contributed by atoms with van der Waals surface area (Å²) in [6.07, 6.45) is 6.37. The molecule has 28 heavy (non-hydrogen) atoms. The van der Waals surface area contributed by atoms with Gasteiger partial charge in [0.15, 0.2) is 5.96 Å². The minimum atomic E-state index is 0. The number of nitrogens with one attached hydrogen (secondary N) is 2. The highest BCUT2D eigenvalue weighted by Gasteiger charge is 2.24. The van der Waals surface area contributed by atoms with Crippen LogP contribution < -0.4 is 15.5 Å². The molecule has 0 aliphatic carbocycles. The third kappa shape index (κ3) is 6.10. The van der Waals surface area contributed by atoms with Gasteiger partial charge in [0.2, 0.25) is 0 Å². The Labute approximate surface area is 189 Å². The Morgan fingerprint density at radius 1 is 1.43 bits per heavy atom. The Kier molecular flexibility index (Phi) is 8.60. The summed E-state index contributed by atoms with van der Waals surface area (Å²) in [7, 11) is 1.97. The van der Waals surface area contributed by atoms with E-state index in [2.05, 4.69) is 65.1 Å². The molecule has 0 aromatic carbocycles. The molecule has 0 saturated carbocycles. The smallest absolute Gasteiger partial charge is 0.191 e. The van der Waals surface area contributed by atoms with Crippen molar-refractivity contribution in [1.29, 1.82) is 0 Å². The van der Waals surface area contributed by atoms with Crippen molar-refractivity contribution in [3.8, 4) is 0 Å². The van der Waals surface area contributed by atoms with E-state index in [1.807, 2.05) is 17.9 Å². The molecule has 0 amide bonds. The fourth-order valence-electron chi connectivity index (χ4n) is 3.43. The van der Waals surface area contributed by atoms with Crippen LogP contribution in [0.25, 0.3) is 0 Å². The molecule has 2 aromatic rings. The van der Waals surface area contributed by atoms with E-state index in [1.165, 1.54) is 17.0 Å². The maximum absolute atomic E-state index is 4.90. The van der Waals surface area contributed by atoms with Gasteiger partial charge in [-0.15, -0.1) is 35.3 Å². The highest BCUT2D eigenvalue weighted by atomic mass is 127. The van der Waals surface area contributed by atoms with Crippen molar-refractivity contribution in [2.45, 2.75) is 45.1 Å². The molecule has 3 rings (SSSR count). The molecule has 0 spiro atoms. The van der Waals surface area contributed by atoms with Crippen molar-refractivity contribution in [2.75, 3.05) is 31.1 Å². The molecule has 1 unspecified atom stereocenters. The summed E-state index contributed by atoms with van der Waals surface area (Å²) in [5, 5.41) is 13.5. The molecule has 6 nitrogen and oxygen atoms in total. The molecular weight excluding hydrogens is 483 g/mol. The van der Waals surface area contributed by atoms with Gasteiger partial charge < -0.3 is 15.5 Å². The summed E-state index contributed by atoms with van der Waals surface area (Å²) in [5.41, 5.74) is 1.25. The summed E-state index contributed by atoms with van der Waals surface area (Å²) in [6, 6.07) is 4.71. The van der Waals surface area contributed by atoms with Crippen LogP contribution in [0.3, 0.4) is 0 Å². The molecule has 2 N–H and O–H groups in total. The number of hydrogen-bond donors (Lipinski definition) is 2. The summed E-state index contributed by atoms with van der Waals surface area (Å²) in [6.45, 7) is 10.3. The first-order chi connectivity index (χ1) is 13.0. The monoisotopic (exact) mass is 516 g/mol. The van der Waals surface area contributed by atoms with E-state index in [-0.39, 0.29) is 29.4 Å². The Bertz CT molecular complexity index is 740. The number of aliphatic imine (C=N–C) groups is 1. The number of thiophene rings is 1. The third-order valence-corrected chi connectivity index (χ3v) is 6.22. The predicted molar refractivity (Wildman–Crippen MR) is 130 cm³/mol. The highest BCUT2D eigenvalue weighted by Crippen LogP contribution is 2.27. The number of nitrogens with zero attached hydrogens (tertiary/aromatic N) is 4. The van der Waals surface area contributed by atoms with Crippen LogP contribution in [-0.4, -0.2) is 48.0 Å². The number of guanidine groups is 1. The van der Waals surface area contributed by atoms with E-state index in [0.29, 0.717) is 6.04 Å². The van der Waals surface area contributed by atoms with Crippen LogP contribution in [0.4, 0.5) is 5.69 Å². The molecule has 1 saturated heterocycles. The van der Waals surface area contributed by atoms with Crippen molar-refractivity contribution in [2.24, 2.45) is 12.0 Å². The average Bonchev–Trinajstić information content (AvgIpc) is 3.32. The number of piperidine rings is 1. The van der Waals surface area contributed by atoms with E-state index >= 15 is 0 Å². The number of hydrogen-bond acceptors (Lipinski definition) is 4. The molecular formula is C20H33IN6S. The maximum Gasteiger partial charge on any atom is 0.191 e. The molecule has 8 heteroatoms. The maximum atomic E-state index is 4.90. The van der Waals surface area contributed by atoms with Gasteiger partial charge in [0, 0.05) is 49.2 Å². The van der Waals surface area contributed by atoms with Crippen LogP contribution in [0.15, 0.2) is 34.9 Å². The zero-order chi connectivity index (χ0) is 19.3. The minimum Gasteiger partial charge on any atom is -0.367 e. The van der Waals surface area contributed by atoms with Crippen LogP contribution in [0.2, 0.25) is 0 Å². The number of aromatic nitrogens is 2. The summed E-state index contributed by atoms with van der Waals surface area (Å²) in [4.78, 5) is 8.69. The van der Waals surface area contributed by atoms with Crippen molar-refractivity contribution >= 4 is 47.0 Å². The van der Waals surface area contributed by atoms with Crippen molar-refractivity contribution < 1.29 is 0 Å². The van der Waals surface area contributed by atoms with E-state index in [9.17, 15) is 0 Å². The van der Waals surface area contributed by atoms with Gasteiger partial charge in [0.05, 0.1) is 18.4 Å². The lowest BCUT2D eigenvalue weighted by atomic mass is 9.92. The molecule has 2 aromatic heterocycles. The van der Waals surface area contributed by atoms with Crippen LogP contribution in [0.1, 0.15) is 38.5 Å². The van der Waals surface area contributed by atoms with E-state index in [4.69, 9.17) is 4.99 Å². The van der Waals surface area contributed by atoms with Gasteiger partial charge in [-0.2, -0.15) is 5.10 Å². The first-order valence-corrected chi connectivity index (χ1v) is 10.7. The lowest BCUT2D eigenvalue weighted by molar-refractivity contribution is 0.466. The summed E-state index contributed by atoms with van der Waals surface area (Å²) >= 11 is 1.81. The second-order valence-corrected chi connectivity index (χ2v) is 8.81. The molecule has 1 aliphatic rings. The fourth-order valence-corrected chi connectivity index (χ4v) is 4.28. The number of halogens is 1. The SMILES string of the molecule is CCNC(=NCC(C)(C)c1cccs1)NC1CCCN(c2cnn(C)c2)C1.I. The Hall–Kier alpha value is -1.29. The van der Waals surface area contributed by atoms with Crippen molar-refractivity contribution in [3.05, 3.63) is 34.8 Å². The Morgan fingerprint density at radius 2 is 2.25 bits per heavy atom. The van der Waals surface area contributed by atoms with Crippen LogP contribution in [-0.2, 0) is 12.5 Å². The first kappa shape index (κ1) is 23.0. The van der Waals surface area contributed by atoms with Gasteiger partial charge in [-0.05, 0) is 31.2 Å². The molecule has 1 fully saturated rings. The summed E-state index contributed by atoms with van der Waals surface area (Å²) in [5.74, 6) is 0.917. The third-order valence-electron chi connectivity index (χ3n) is 4.98. The van der Waals surface area contributed by atoms with E-state index < -0.39 is 0 Å². The van der Waals surface area contributed by atoms with Crippen LogP contribution >= 0.6 is 35.3 Å². The minimum absolute atomic E-state index is 0. The number of aryl methyl sites for hydroxylation is 1. The quantitative estimate of drug-likeness (QED) is 0.350. The fraction of sp³-hybridized carbons (Fsp3) is 0.600. The standard InChI is InChI=1S/C20H32N6S.HI/c1-5-21-19(22-15-20(2,3)18-9-7-11-27-18)24-16-8-6-10-26(13-16)17-12-23-25(4)14-17;/h7,9,11-12,14,16H,5-6,8,10,13,15H2,1-4H3,(H2,21,22,24);1H. The normalized spacial score (nSPS) is 17.9. The van der Waals surface area contributed by atoms with E-state index in [0.717, 1.165) is 38.6 Å².